The molecule has 0 spiro atoms. The van der Waals surface area contributed by atoms with Gasteiger partial charge in [0, 0.05) is 6.20 Å². The molecule has 0 saturated carbocycles. The van der Waals surface area contributed by atoms with Gasteiger partial charge in [0.2, 0.25) is 0 Å². The summed E-state index contributed by atoms with van der Waals surface area (Å²) in [5.41, 5.74) is -2.43. The standard InChI is InChI=1S/C8H3F6NO2/c9-4-3(2-16)1-15-5(7(10)11)6(4)17-8(12,13)14/h1-2,7H. The zero-order chi connectivity index (χ0) is 13.2. The number of rotatable bonds is 3. The lowest BCUT2D eigenvalue weighted by Gasteiger charge is -2.13. The van der Waals surface area contributed by atoms with Crippen molar-refractivity contribution in [2.75, 3.05) is 0 Å². The molecule has 0 amide bonds. The van der Waals surface area contributed by atoms with Crippen molar-refractivity contribution in [3.8, 4) is 5.75 Å². The first-order valence-electron chi connectivity index (χ1n) is 3.93. The summed E-state index contributed by atoms with van der Waals surface area (Å²) in [6.45, 7) is 0. The van der Waals surface area contributed by atoms with E-state index in [0.29, 0.717) is 6.20 Å². The molecule has 3 nitrogen and oxygen atoms in total. The second-order valence-electron chi connectivity index (χ2n) is 2.71. The first-order valence-corrected chi connectivity index (χ1v) is 3.93. The van der Waals surface area contributed by atoms with Crippen LogP contribution < -0.4 is 4.74 Å². The van der Waals surface area contributed by atoms with Crippen LogP contribution in [0.1, 0.15) is 22.5 Å². The van der Waals surface area contributed by atoms with Crippen molar-refractivity contribution in [2.24, 2.45) is 0 Å². The predicted molar refractivity (Wildman–Crippen MR) is 41.2 cm³/mol. The lowest BCUT2D eigenvalue weighted by Crippen LogP contribution is -2.20. The van der Waals surface area contributed by atoms with Gasteiger partial charge in [0.05, 0.1) is 5.56 Å². The molecule has 0 aliphatic rings. The van der Waals surface area contributed by atoms with Crippen LogP contribution in [-0.4, -0.2) is 17.6 Å². The number of nitrogens with zero attached hydrogens (tertiary/aromatic N) is 1. The average Bonchev–Trinajstić information content (AvgIpc) is 2.18. The number of carbonyl (C=O) groups is 1. The minimum absolute atomic E-state index is 0.166. The van der Waals surface area contributed by atoms with Crippen LogP contribution in [0.4, 0.5) is 26.3 Å². The van der Waals surface area contributed by atoms with Crippen molar-refractivity contribution in [2.45, 2.75) is 12.8 Å². The van der Waals surface area contributed by atoms with Crippen LogP contribution in [-0.2, 0) is 0 Å². The molecular weight excluding hydrogens is 256 g/mol. The summed E-state index contributed by atoms with van der Waals surface area (Å²) in [6, 6.07) is 0. The number of carbonyl (C=O) groups excluding carboxylic acids is 1. The maximum absolute atomic E-state index is 13.2. The number of ether oxygens (including phenoxy) is 1. The van der Waals surface area contributed by atoms with E-state index in [0.717, 1.165) is 0 Å². The molecule has 0 atom stereocenters. The van der Waals surface area contributed by atoms with Gasteiger partial charge in [-0.05, 0) is 0 Å². The highest BCUT2D eigenvalue weighted by Gasteiger charge is 2.36. The topological polar surface area (TPSA) is 39.2 Å². The quantitative estimate of drug-likeness (QED) is 0.618. The molecule has 0 aromatic carbocycles. The normalized spacial score (nSPS) is 11.7. The first kappa shape index (κ1) is 13.3. The third-order valence-electron chi connectivity index (χ3n) is 1.58. The van der Waals surface area contributed by atoms with Crippen LogP contribution in [0.15, 0.2) is 6.20 Å². The fourth-order valence-corrected chi connectivity index (χ4v) is 0.948. The van der Waals surface area contributed by atoms with E-state index < -0.39 is 35.6 Å². The van der Waals surface area contributed by atoms with Crippen molar-refractivity contribution >= 4 is 6.29 Å². The van der Waals surface area contributed by atoms with Crippen molar-refractivity contribution in [3.63, 3.8) is 0 Å². The van der Waals surface area contributed by atoms with Crippen LogP contribution in [0.25, 0.3) is 0 Å². The summed E-state index contributed by atoms with van der Waals surface area (Å²) in [5.74, 6) is -3.63. The number of halogens is 6. The number of aldehydes is 1. The molecule has 94 valence electrons. The second-order valence-corrected chi connectivity index (χ2v) is 2.71. The number of alkyl halides is 5. The molecule has 0 aliphatic carbocycles. The van der Waals surface area contributed by atoms with Gasteiger partial charge in [-0.15, -0.1) is 13.2 Å². The van der Waals surface area contributed by atoms with Gasteiger partial charge in [0.1, 0.15) is 0 Å². The predicted octanol–water partition coefficient (Wildman–Crippen LogP) is 2.87. The Morgan fingerprint density at radius 3 is 2.35 bits per heavy atom. The molecule has 1 aromatic rings. The Balaban J connectivity index is 3.35. The molecule has 0 radical (unpaired) electrons. The van der Waals surface area contributed by atoms with Crippen LogP contribution in [0.2, 0.25) is 0 Å². The summed E-state index contributed by atoms with van der Waals surface area (Å²) in [6.07, 6.45) is -8.61. The fourth-order valence-electron chi connectivity index (χ4n) is 0.948. The lowest BCUT2D eigenvalue weighted by molar-refractivity contribution is -0.276. The van der Waals surface area contributed by atoms with E-state index in [1.165, 1.54) is 0 Å². The van der Waals surface area contributed by atoms with Gasteiger partial charge >= 0.3 is 6.36 Å². The first-order chi connectivity index (χ1) is 7.76. The lowest BCUT2D eigenvalue weighted by atomic mass is 10.2. The summed E-state index contributed by atoms with van der Waals surface area (Å²) < 4.78 is 76.3. The van der Waals surface area contributed by atoms with E-state index in [1.54, 1.807) is 0 Å². The highest BCUT2D eigenvalue weighted by Crippen LogP contribution is 2.34. The van der Waals surface area contributed by atoms with Crippen molar-refractivity contribution < 1.29 is 35.9 Å². The maximum atomic E-state index is 13.2. The van der Waals surface area contributed by atoms with Crippen molar-refractivity contribution in [1.82, 2.24) is 4.98 Å². The van der Waals surface area contributed by atoms with E-state index >= 15 is 0 Å². The third-order valence-corrected chi connectivity index (χ3v) is 1.58. The van der Waals surface area contributed by atoms with Gasteiger partial charge in [0.25, 0.3) is 6.43 Å². The van der Waals surface area contributed by atoms with Crippen molar-refractivity contribution in [3.05, 3.63) is 23.3 Å². The van der Waals surface area contributed by atoms with Crippen LogP contribution >= 0.6 is 0 Å². The van der Waals surface area contributed by atoms with Crippen LogP contribution in [0.5, 0.6) is 5.75 Å². The fraction of sp³-hybridized carbons (Fsp3) is 0.250. The maximum Gasteiger partial charge on any atom is 0.573 e. The molecule has 0 unspecified atom stereocenters. The number of pyridine rings is 1. The molecule has 1 rings (SSSR count). The molecule has 0 fully saturated rings. The Morgan fingerprint density at radius 2 is 1.94 bits per heavy atom. The monoisotopic (exact) mass is 259 g/mol. The van der Waals surface area contributed by atoms with Crippen LogP contribution in [0.3, 0.4) is 0 Å². The van der Waals surface area contributed by atoms with Gasteiger partial charge in [-0.25, -0.2) is 13.2 Å². The average molecular weight is 259 g/mol. The van der Waals surface area contributed by atoms with Gasteiger partial charge in [0.15, 0.2) is 23.5 Å². The highest BCUT2D eigenvalue weighted by atomic mass is 19.4. The molecule has 17 heavy (non-hydrogen) atoms. The van der Waals surface area contributed by atoms with Crippen LogP contribution in [0, 0.1) is 5.82 Å². The molecule has 0 aliphatic heterocycles. The smallest absolute Gasteiger partial charge is 0.400 e. The SMILES string of the molecule is O=Cc1cnc(C(F)F)c(OC(F)(F)F)c1F. The largest absolute Gasteiger partial charge is 0.573 e. The Morgan fingerprint density at radius 1 is 1.35 bits per heavy atom. The molecular formula is C8H3F6NO2. The molecule has 9 heteroatoms. The third kappa shape index (κ3) is 3.08. The minimum atomic E-state index is -5.37. The molecule has 1 aromatic heterocycles. The molecule has 0 bridgehead atoms. The second kappa shape index (κ2) is 4.60. The van der Waals surface area contributed by atoms with E-state index in [1.807, 2.05) is 0 Å². The zero-order valence-electron chi connectivity index (χ0n) is 7.76. The molecule has 0 N–H and O–H groups in total. The van der Waals surface area contributed by atoms with E-state index in [4.69, 9.17) is 0 Å². The summed E-state index contributed by atoms with van der Waals surface area (Å²) in [7, 11) is 0. The van der Waals surface area contributed by atoms with Gasteiger partial charge in [-0.3, -0.25) is 9.78 Å². The number of hydrogen-bond donors (Lipinski definition) is 0. The summed E-state index contributed by atoms with van der Waals surface area (Å²) in [5, 5.41) is 0. The van der Waals surface area contributed by atoms with E-state index in [-0.39, 0.29) is 6.29 Å². The minimum Gasteiger partial charge on any atom is -0.400 e. The van der Waals surface area contributed by atoms with Crippen molar-refractivity contribution in [1.29, 1.82) is 0 Å². The van der Waals surface area contributed by atoms with E-state index in [2.05, 4.69) is 9.72 Å². The summed E-state index contributed by atoms with van der Waals surface area (Å²) in [4.78, 5) is 13.1. The molecule has 0 saturated heterocycles. The summed E-state index contributed by atoms with van der Waals surface area (Å²) >= 11 is 0. The zero-order valence-corrected chi connectivity index (χ0v) is 7.76. The number of hydrogen-bond acceptors (Lipinski definition) is 3. The Bertz CT molecular complexity index is 431. The highest BCUT2D eigenvalue weighted by molar-refractivity contribution is 5.75. The van der Waals surface area contributed by atoms with Gasteiger partial charge < -0.3 is 4.74 Å². The number of aromatic nitrogens is 1. The van der Waals surface area contributed by atoms with E-state index in [9.17, 15) is 31.1 Å². The Labute approximate surface area is 90.0 Å². The van der Waals surface area contributed by atoms with Gasteiger partial charge in [-0.1, -0.05) is 0 Å². The molecule has 1 heterocycles. The van der Waals surface area contributed by atoms with Gasteiger partial charge in [-0.2, -0.15) is 0 Å². The Hall–Kier alpha value is -1.80. The Kier molecular flexibility index (Phi) is 3.59.